The lowest BCUT2D eigenvalue weighted by atomic mass is 9.78. The number of ether oxygens (including phenoxy) is 1. The molecule has 1 aliphatic rings. The number of para-hydroxylation sites is 1. The fourth-order valence-electron chi connectivity index (χ4n) is 4.11. The second-order valence-corrected chi connectivity index (χ2v) is 7.89. The molecule has 31 heavy (non-hydrogen) atoms. The van der Waals surface area contributed by atoms with Crippen LogP contribution in [0.4, 0.5) is 0 Å². The number of likely N-dealkylation sites (tertiary alicyclic amines) is 1. The van der Waals surface area contributed by atoms with E-state index >= 15 is 0 Å². The van der Waals surface area contributed by atoms with Gasteiger partial charge in [-0.05, 0) is 42.2 Å². The zero-order valence-electron chi connectivity index (χ0n) is 17.2. The topological polar surface area (TPSA) is 85.5 Å². The number of aromatic nitrogens is 1. The number of nitrogens with zero attached hydrogens (tertiary/aromatic N) is 2. The molecule has 158 valence electrons. The summed E-state index contributed by atoms with van der Waals surface area (Å²) >= 11 is 0. The van der Waals surface area contributed by atoms with Crippen molar-refractivity contribution in [2.75, 3.05) is 19.7 Å². The molecule has 4 rings (SSSR count). The number of primary amides is 1. The standard InChI is InChI=1S/C25H25N3O3/c26-24(30)25(15-19-7-4-5-11-22(19)20-8-6-13-27-16-20)12-14-28(18-25)23(29)17-31-21-9-2-1-3-10-21/h1-11,13,16H,12,14-15,17-18H2,(H2,26,30)/t25-/m1/s1. The zero-order chi connectivity index (χ0) is 21.7. The molecule has 0 radical (unpaired) electrons. The highest BCUT2D eigenvalue weighted by Crippen LogP contribution is 2.37. The molecule has 0 unspecified atom stereocenters. The van der Waals surface area contributed by atoms with Gasteiger partial charge in [-0.2, -0.15) is 0 Å². The number of pyridine rings is 1. The molecule has 2 N–H and O–H groups in total. The average Bonchev–Trinajstić information content (AvgIpc) is 3.25. The number of carbonyl (C=O) groups excluding carboxylic acids is 2. The molecule has 6 heteroatoms. The van der Waals surface area contributed by atoms with Crippen molar-refractivity contribution in [3.63, 3.8) is 0 Å². The maximum atomic E-state index is 12.7. The summed E-state index contributed by atoms with van der Waals surface area (Å²) in [5.74, 6) is 0.113. The molecule has 0 spiro atoms. The predicted molar refractivity (Wildman–Crippen MR) is 118 cm³/mol. The molecule has 2 aromatic carbocycles. The summed E-state index contributed by atoms with van der Waals surface area (Å²) in [6, 6.07) is 21.0. The van der Waals surface area contributed by atoms with E-state index in [2.05, 4.69) is 4.98 Å². The SMILES string of the molecule is NC(=O)[C@@]1(Cc2ccccc2-c2cccnc2)CCN(C(=O)COc2ccccc2)C1. The van der Waals surface area contributed by atoms with E-state index in [1.54, 1.807) is 29.4 Å². The Morgan fingerprint density at radius 2 is 1.81 bits per heavy atom. The molecule has 3 aromatic rings. The lowest BCUT2D eigenvalue weighted by Gasteiger charge is -2.27. The van der Waals surface area contributed by atoms with Gasteiger partial charge in [0.25, 0.3) is 5.91 Å². The van der Waals surface area contributed by atoms with Crippen LogP contribution in [-0.4, -0.2) is 41.4 Å². The van der Waals surface area contributed by atoms with Crippen LogP contribution in [0.5, 0.6) is 5.75 Å². The number of nitrogens with two attached hydrogens (primary N) is 1. The summed E-state index contributed by atoms with van der Waals surface area (Å²) < 4.78 is 5.59. The number of hydrogen-bond donors (Lipinski definition) is 1. The van der Waals surface area contributed by atoms with Gasteiger partial charge in [-0.1, -0.05) is 48.5 Å². The molecule has 0 saturated carbocycles. The molecule has 1 atom stereocenters. The first kappa shape index (κ1) is 20.6. The summed E-state index contributed by atoms with van der Waals surface area (Å²) in [5.41, 5.74) is 8.10. The Hall–Kier alpha value is -3.67. The van der Waals surface area contributed by atoms with E-state index < -0.39 is 5.41 Å². The lowest BCUT2D eigenvalue weighted by molar-refractivity contribution is -0.133. The first-order valence-corrected chi connectivity index (χ1v) is 10.3. The van der Waals surface area contributed by atoms with Crippen molar-refractivity contribution in [2.45, 2.75) is 12.8 Å². The van der Waals surface area contributed by atoms with Gasteiger partial charge in [-0.25, -0.2) is 0 Å². The highest BCUT2D eigenvalue weighted by Gasteiger charge is 2.45. The van der Waals surface area contributed by atoms with Crippen molar-refractivity contribution < 1.29 is 14.3 Å². The van der Waals surface area contributed by atoms with E-state index in [0.29, 0.717) is 31.7 Å². The van der Waals surface area contributed by atoms with Gasteiger partial charge in [0.05, 0.1) is 5.41 Å². The second kappa shape index (κ2) is 9.00. The Balaban J connectivity index is 1.50. The molecule has 1 saturated heterocycles. The Morgan fingerprint density at radius 3 is 2.55 bits per heavy atom. The molecule has 1 aliphatic heterocycles. The number of amides is 2. The van der Waals surface area contributed by atoms with Crippen molar-refractivity contribution in [1.29, 1.82) is 0 Å². The fraction of sp³-hybridized carbons (Fsp3) is 0.240. The first-order valence-electron chi connectivity index (χ1n) is 10.3. The van der Waals surface area contributed by atoms with Gasteiger partial charge in [0.15, 0.2) is 6.61 Å². The predicted octanol–water partition coefficient (Wildman–Crippen LogP) is 3.07. The quantitative estimate of drug-likeness (QED) is 0.643. The normalized spacial score (nSPS) is 18.0. The minimum atomic E-state index is -0.805. The number of carbonyl (C=O) groups is 2. The Morgan fingerprint density at radius 1 is 1.03 bits per heavy atom. The third-order valence-electron chi connectivity index (χ3n) is 5.85. The zero-order valence-corrected chi connectivity index (χ0v) is 17.2. The molecule has 1 aromatic heterocycles. The lowest BCUT2D eigenvalue weighted by Crippen LogP contribution is -2.43. The second-order valence-electron chi connectivity index (χ2n) is 7.89. The number of hydrogen-bond acceptors (Lipinski definition) is 4. The van der Waals surface area contributed by atoms with Gasteiger partial charge in [0.1, 0.15) is 5.75 Å². The summed E-state index contributed by atoms with van der Waals surface area (Å²) in [7, 11) is 0. The third kappa shape index (κ3) is 4.58. The monoisotopic (exact) mass is 415 g/mol. The van der Waals surface area contributed by atoms with E-state index in [4.69, 9.17) is 10.5 Å². The summed E-state index contributed by atoms with van der Waals surface area (Å²) in [4.78, 5) is 31.2. The van der Waals surface area contributed by atoms with Crippen LogP contribution < -0.4 is 10.5 Å². The highest BCUT2D eigenvalue weighted by molar-refractivity contribution is 5.85. The van der Waals surface area contributed by atoms with E-state index in [-0.39, 0.29) is 18.4 Å². The Bertz CT molecular complexity index is 1060. The van der Waals surface area contributed by atoms with Crippen molar-refractivity contribution in [1.82, 2.24) is 9.88 Å². The molecular weight excluding hydrogens is 390 g/mol. The first-order chi connectivity index (χ1) is 15.1. The van der Waals surface area contributed by atoms with Crippen LogP contribution in [0, 0.1) is 5.41 Å². The van der Waals surface area contributed by atoms with E-state index in [1.807, 2.05) is 54.6 Å². The van der Waals surface area contributed by atoms with Gasteiger partial charge < -0.3 is 15.4 Å². The van der Waals surface area contributed by atoms with Crippen LogP contribution in [0.1, 0.15) is 12.0 Å². The van der Waals surface area contributed by atoms with Crippen molar-refractivity contribution >= 4 is 11.8 Å². The van der Waals surface area contributed by atoms with E-state index in [0.717, 1.165) is 16.7 Å². The minimum absolute atomic E-state index is 0.0644. The van der Waals surface area contributed by atoms with Crippen LogP contribution in [0.3, 0.4) is 0 Å². The van der Waals surface area contributed by atoms with Crippen LogP contribution >= 0.6 is 0 Å². The van der Waals surface area contributed by atoms with E-state index in [1.165, 1.54) is 0 Å². The van der Waals surface area contributed by atoms with Crippen LogP contribution in [0.15, 0.2) is 79.1 Å². The largest absolute Gasteiger partial charge is 0.484 e. The van der Waals surface area contributed by atoms with Crippen LogP contribution in [0.25, 0.3) is 11.1 Å². The van der Waals surface area contributed by atoms with E-state index in [9.17, 15) is 9.59 Å². The van der Waals surface area contributed by atoms with Crippen molar-refractivity contribution in [2.24, 2.45) is 11.1 Å². The van der Waals surface area contributed by atoms with Crippen molar-refractivity contribution in [3.05, 3.63) is 84.7 Å². The molecule has 1 fully saturated rings. The molecule has 6 nitrogen and oxygen atoms in total. The molecule has 2 amide bonds. The summed E-state index contributed by atoms with van der Waals surface area (Å²) in [6.07, 6.45) is 4.54. The van der Waals surface area contributed by atoms with Gasteiger partial charge >= 0.3 is 0 Å². The van der Waals surface area contributed by atoms with Gasteiger partial charge in [-0.3, -0.25) is 14.6 Å². The maximum absolute atomic E-state index is 12.7. The smallest absolute Gasteiger partial charge is 0.260 e. The molecule has 0 bridgehead atoms. The molecular formula is C25H25N3O3. The molecule has 0 aliphatic carbocycles. The molecule has 2 heterocycles. The van der Waals surface area contributed by atoms with Crippen LogP contribution in [-0.2, 0) is 16.0 Å². The Kier molecular flexibility index (Phi) is 5.98. The minimum Gasteiger partial charge on any atom is -0.484 e. The number of rotatable bonds is 7. The van der Waals surface area contributed by atoms with Gasteiger partial charge in [0.2, 0.25) is 5.91 Å². The van der Waals surface area contributed by atoms with Gasteiger partial charge in [0, 0.05) is 31.0 Å². The maximum Gasteiger partial charge on any atom is 0.260 e. The van der Waals surface area contributed by atoms with Crippen molar-refractivity contribution in [3.8, 4) is 16.9 Å². The number of benzene rings is 2. The Labute approximate surface area is 181 Å². The summed E-state index contributed by atoms with van der Waals surface area (Å²) in [6.45, 7) is 0.709. The van der Waals surface area contributed by atoms with Gasteiger partial charge in [-0.15, -0.1) is 0 Å². The average molecular weight is 415 g/mol. The highest BCUT2D eigenvalue weighted by atomic mass is 16.5. The fourth-order valence-corrected chi connectivity index (χ4v) is 4.11. The third-order valence-corrected chi connectivity index (χ3v) is 5.85. The summed E-state index contributed by atoms with van der Waals surface area (Å²) in [5, 5.41) is 0. The van der Waals surface area contributed by atoms with Crippen LogP contribution in [0.2, 0.25) is 0 Å².